The summed E-state index contributed by atoms with van der Waals surface area (Å²) in [6, 6.07) is 12.2. The molecule has 1 aliphatic heterocycles. The Bertz CT molecular complexity index is 1620. The lowest BCUT2D eigenvalue weighted by molar-refractivity contribution is -0.274. The smallest absolute Gasteiger partial charge is 0.406 e. The number of nitrogens with zero attached hydrogens (tertiary/aromatic N) is 10. The van der Waals surface area contributed by atoms with E-state index in [0.717, 1.165) is 17.0 Å². The van der Waals surface area contributed by atoms with Crippen molar-refractivity contribution >= 4 is 51.6 Å². The summed E-state index contributed by atoms with van der Waals surface area (Å²) in [5, 5.41) is 32.4. The van der Waals surface area contributed by atoms with E-state index in [0.29, 0.717) is 32.2 Å². The molecule has 2 amide bonds. The molecular formula is C26H23ClF3IN10O2. The maximum atomic E-state index is 13.6. The highest BCUT2D eigenvalue weighted by molar-refractivity contribution is 14.1. The molecule has 0 spiro atoms. The van der Waals surface area contributed by atoms with Gasteiger partial charge in [-0.2, -0.15) is 20.3 Å². The fourth-order valence-electron chi connectivity index (χ4n) is 4.03. The van der Waals surface area contributed by atoms with Crippen LogP contribution < -0.4 is 9.64 Å². The van der Waals surface area contributed by atoms with Crippen molar-refractivity contribution in [1.29, 1.82) is 5.26 Å². The van der Waals surface area contributed by atoms with E-state index in [2.05, 4.69) is 52.9 Å². The number of halogens is 5. The normalized spacial score (nSPS) is 14.4. The number of hydrogen-bond acceptors (Lipinski definition) is 8. The largest absolute Gasteiger partial charge is 0.573 e. The van der Waals surface area contributed by atoms with Crippen molar-refractivity contribution in [3.8, 4) is 23.2 Å². The molecule has 0 aliphatic carbocycles. The van der Waals surface area contributed by atoms with Gasteiger partial charge in [0.05, 0.1) is 30.1 Å². The van der Waals surface area contributed by atoms with Gasteiger partial charge in [0.2, 0.25) is 5.82 Å². The van der Waals surface area contributed by atoms with E-state index in [4.69, 9.17) is 11.6 Å². The van der Waals surface area contributed by atoms with E-state index < -0.39 is 24.2 Å². The van der Waals surface area contributed by atoms with Gasteiger partial charge in [-0.15, -0.1) is 23.4 Å². The molecule has 0 saturated heterocycles. The van der Waals surface area contributed by atoms with Crippen LogP contribution in [0.5, 0.6) is 5.75 Å². The van der Waals surface area contributed by atoms with Crippen LogP contribution in [0.25, 0.3) is 11.4 Å². The number of hydrazone groups is 1. The fraction of sp³-hybridized carbons (Fsp3) is 0.269. The van der Waals surface area contributed by atoms with Crippen LogP contribution in [0.2, 0.25) is 5.02 Å². The Labute approximate surface area is 262 Å². The SMILES string of the molecule is CC.N#CCN(C(=O)N1CC(n2cc(-c3nnn(CI)n3)cn2)C(c2ccc(Cl)cc2)=N1)c1ccc(OC(F)(F)F)cc1. The maximum absolute atomic E-state index is 13.6. The summed E-state index contributed by atoms with van der Waals surface area (Å²) >= 11 is 8.18. The number of ether oxygens (including phenoxy) is 1. The number of rotatable bonds is 7. The first-order valence-corrected chi connectivity index (χ1v) is 14.6. The molecule has 2 aromatic heterocycles. The van der Waals surface area contributed by atoms with E-state index in [-0.39, 0.29) is 18.8 Å². The molecule has 0 fully saturated rings. The quantitative estimate of drug-likeness (QED) is 0.131. The Morgan fingerprint density at radius 1 is 1.16 bits per heavy atom. The third kappa shape index (κ3) is 7.59. The Balaban J connectivity index is 0.00000207. The average Bonchev–Trinajstić information content (AvgIpc) is 3.76. The van der Waals surface area contributed by atoms with E-state index >= 15 is 0 Å². The molecular weight excluding hydrogens is 704 g/mol. The van der Waals surface area contributed by atoms with Gasteiger partial charge in [-0.3, -0.25) is 9.58 Å². The number of aromatic nitrogens is 6. The molecule has 1 atom stereocenters. The highest BCUT2D eigenvalue weighted by Gasteiger charge is 2.36. The van der Waals surface area contributed by atoms with Crippen LogP contribution in [-0.2, 0) is 4.55 Å². The molecule has 0 bridgehead atoms. The Morgan fingerprint density at radius 2 is 1.86 bits per heavy atom. The minimum Gasteiger partial charge on any atom is -0.406 e. The molecule has 1 unspecified atom stereocenters. The number of carbonyl (C=O) groups excluding carboxylic acids is 1. The standard InChI is InChI=1S/C24H17ClF3IN10O2.C2H6/c25-17-3-1-15(2-4-17)21-20(37-12-16(11-31-37)22-32-35-39(14-29)34-22)13-38(33-21)23(40)36(10-9-30)18-5-7-19(8-6-18)41-24(26,27)28;1-2/h1-8,11-12,20H,10,13-14H2;1-2H3. The number of anilines is 1. The van der Waals surface area contributed by atoms with Gasteiger partial charge in [0, 0.05) is 22.5 Å². The lowest BCUT2D eigenvalue weighted by atomic mass is 10.0. The molecule has 17 heteroatoms. The topological polar surface area (TPSA) is 130 Å². The van der Waals surface area contributed by atoms with Crippen LogP contribution in [0.15, 0.2) is 66.0 Å². The minimum absolute atomic E-state index is 0.0446. The lowest BCUT2D eigenvalue weighted by Crippen LogP contribution is -2.41. The van der Waals surface area contributed by atoms with Gasteiger partial charge < -0.3 is 4.74 Å². The first-order valence-electron chi connectivity index (χ1n) is 12.7. The van der Waals surface area contributed by atoms with E-state index in [1.807, 2.05) is 19.9 Å². The highest BCUT2D eigenvalue weighted by Crippen LogP contribution is 2.30. The van der Waals surface area contributed by atoms with Crippen molar-refractivity contribution in [3.05, 3.63) is 71.5 Å². The van der Waals surface area contributed by atoms with Crippen LogP contribution >= 0.6 is 34.2 Å². The molecule has 12 nitrogen and oxygen atoms in total. The zero-order chi connectivity index (χ0) is 31.1. The van der Waals surface area contributed by atoms with Gasteiger partial charge in [0.15, 0.2) is 0 Å². The number of amides is 2. The second-order valence-corrected chi connectivity index (χ2v) is 9.59. The average molecular weight is 727 g/mol. The van der Waals surface area contributed by atoms with Crippen LogP contribution in [0, 0.1) is 11.3 Å². The molecule has 43 heavy (non-hydrogen) atoms. The lowest BCUT2D eigenvalue weighted by Gasteiger charge is -2.24. The van der Waals surface area contributed by atoms with E-state index in [9.17, 15) is 23.2 Å². The van der Waals surface area contributed by atoms with Gasteiger partial charge in [-0.1, -0.05) is 60.2 Å². The summed E-state index contributed by atoms with van der Waals surface area (Å²) in [6.07, 6.45) is -1.58. The highest BCUT2D eigenvalue weighted by atomic mass is 127. The van der Waals surface area contributed by atoms with Gasteiger partial charge in [-0.25, -0.2) is 9.80 Å². The number of nitriles is 1. The second kappa shape index (κ2) is 13.8. The molecule has 2 aromatic carbocycles. The van der Waals surface area contributed by atoms with Crippen LogP contribution in [0.4, 0.5) is 23.7 Å². The van der Waals surface area contributed by atoms with Crippen molar-refractivity contribution in [2.24, 2.45) is 5.10 Å². The predicted octanol–water partition coefficient (Wildman–Crippen LogP) is 5.92. The van der Waals surface area contributed by atoms with Crippen LogP contribution in [-0.4, -0.2) is 66.2 Å². The molecule has 3 heterocycles. The number of carbonyl (C=O) groups is 1. The first kappa shape index (κ1) is 31.7. The summed E-state index contributed by atoms with van der Waals surface area (Å²) in [5.74, 6) is -0.0839. The molecule has 224 valence electrons. The monoisotopic (exact) mass is 726 g/mol. The zero-order valence-electron chi connectivity index (χ0n) is 22.7. The third-order valence-corrected chi connectivity index (χ3v) is 6.69. The summed E-state index contributed by atoms with van der Waals surface area (Å²) in [4.78, 5) is 16.1. The number of hydrogen-bond donors (Lipinski definition) is 0. The van der Waals surface area contributed by atoms with E-state index in [1.54, 1.807) is 41.3 Å². The molecule has 1 aliphatic rings. The summed E-state index contributed by atoms with van der Waals surface area (Å²) < 4.78 is 43.7. The van der Waals surface area contributed by atoms with Crippen molar-refractivity contribution in [3.63, 3.8) is 0 Å². The van der Waals surface area contributed by atoms with Gasteiger partial charge >= 0.3 is 12.4 Å². The predicted molar refractivity (Wildman–Crippen MR) is 160 cm³/mol. The Kier molecular flexibility index (Phi) is 10.2. The molecule has 0 N–H and O–H groups in total. The van der Waals surface area contributed by atoms with Crippen molar-refractivity contribution in [1.82, 2.24) is 35.0 Å². The third-order valence-electron chi connectivity index (χ3n) is 5.83. The number of benzene rings is 2. The Hall–Kier alpha value is -4.24. The van der Waals surface area contributed by atoms with Crippen molar-refractivity contribution < 1.29 is 22.7 Å². The molecule has 4 aromatic rings. The number of tetrazole rings is 1. The summed E-state index contributed by atoms with van der Waals surface area (Å²) in [6.45, 7) is 3.66. The molecule has 5 rings (SSSR count). The minimum atomic E-state index is -4.87. The molecule has 0 radical (unpaired) electrons. The van der Waals surface area contributed by atoms with E-state index in [1.165, 1.54) is 21.9 Å². The van der Waals surface area contributed by atoms with Crippen LogP contribution in [0.3, 0.4) is 0 Å². The zero-order valence-corrected chi connectivity index (χ0v) is 25.6. The number of urea groups is 1. The van der Waals surface area contributed by atoms with Crippen molar-refractivity contribution in [2.45, 2.75) is 30.8 Å². The summed E-state index contributed by atoms with van der Waals surface area (Å²) in [5.41, 5.74) is 1.97. The van der Waals surface area contributed by atoms with Gasteiger partial charge in [0.1, 0.15) is 22.9 Å². The van der Waals surface area contributed by atoms with Gasteiger partial charge in [-0.05, 0) is 41.6 Å². The maximum Gasteiger partial charge on any atom is 0.573 e. The fourth-order valence-corrected chi connectivity index (χ4v) is 4.44. The van der Waals surface area contributed by atoms with Crippen molar-refractivity contribution in [2.75, 3.05) is 18.0 Å². The van der Waals surface area contributed by atoms with Crippen LogP contribution in [0.1, 0.15) is 25.5 Å². The summed E-state index contributed by atoms with van der Waals surface area (Å²) in [7, 11) is 0. The molecule has 0 saturated carbocycles. The number of alkyl halides is 4. The second-order valence-electron chi connectivity index (χ2n) is 8.47. The Morgan fingerprint density at radius 3 is 2.47 bits per heavy atom. The first-order chi connectivity index (χ1) is 20.6. The van der Waals surface area contributed by atoms with Gasteiger partial charge in [0.25, 0.3) is 0 Å².